The minimum absolute atomic E-state index is 0.129. The summed E-state index contributed by atoms with van der Waals surface area (Å²) in [6, 6.07) is 12.1. The number of nitrogens with one attached hydrogen (secondary N) is 1. The predicted molar refractivity (Wildman–Crippen MR) is 136 cm³/mol. The second kappa shape index (κ2) is 10.7. The number of carbonyl (C=O) groups is 1. The topological polar surface area (TPSA) is 92.3 Å². The Hall–Kier alpha value is -2.43. The van der Waals surface area contributed by atoms with Crippen molar-refractivity contribution in [2.45, 2.75) is 43.9 Å². The van der Waals surface area contributed by atoms with Gasteiger partial charge in [0.1, 0.15) is 6.54 Å². The SMILES string of the molecule is Cc1ccc(S(=O)(=O)N(CC(=O)Nc2nnc(SCC(C)C)s2)c2ccc(C)cc2C)cc1. The molecule has 0 saturated carbocycles. The molecule has 176 valence electrons. The molecule has 0 atom stereocenters. The fourth-order valence-electron chi connectivity index (χ4n) is 3.07. The summed E-state index contributed by atoms with van der Waals surface area (Å²) in [5.41, 5.74) is 3.18. The Kier molecular flexibility index (Phi) is 8.14. The van der Waals surface area contributed by atoms with Crippen molar-refractivity contribution in [2.75, 3.05) is 21.9 Å². The van der Waals surface area contributed by atoms with Crippen LogP contribution in [0.25, 0.3) is 0 Å². The number of carbonyl (C=O) groups excluding carboxylic acids is 1. The maximum atomic E-state index is 13.5. The maximum Gasteiger partial charge on any atom is 0.264 e. The lowest BCUT2D eigenvalue weighted by Gasteiger charge is -2.25. The fraction of sp³-hybridized carbons (Fsp3) is 0.348. The van der Waals surface area contributed by atoms with Crippen LogP contribution in [0.4, 0.5) is 10.8 Å². The molecule has 2 aromatic carbocycles. The third-order valence-corrected chi connectivity index (χ3v) is 8.88. The molecule has 0 aliphatic carbocycles. The van der Waals surface area contributed by atoms with Gasteiger partial charge in [-0.2, -0.15) is 0 Å². The molecular formula is C23H28N4O3S3. The summed E-state index contributed by atoms with van der Waals surface area (Å²) in [4.78, 5) is 13.0. The first-order chi connectivity index (χ1) is 15.6. The van der Waals surface area contributed by atoms with Crippen molar-refractivity contribution < 1.29 is 13.2 Å². The van der Waals surface area contributed by atoms with Crippen molar-refractivity contribution in [3.05, 3.63) is 59.2 Å². The van der Waals surface area contributed by atoms with Crippen molar-refractivity contribution >= 4 is 49.8 Å². The van der Waals surface area contributed by atoms with E-state index in [-0.39, 0.29) is 11.4 Å². The van der Waals surface area contributed by atoms with E-state index < -0.39 is 15.9 Å². The van der Waals surface area contributed by atoms with E-state index in [0.29, 0.717) is 16.7 Å². The normalized spacial score (nSPS) is 11.6. The molecule has 0 fully saturated rings. The molecule has 0 radical (unpaired) electrons. The van der Waals surface area contributed by atoms with E-state index in [2.05, 4.69) is 29.4 Å². The molecule has 33 heavy (non-hydrogen) atoms. The molecule has 0 bridgehead atoms. The zero-order valence-electron chi connectivity index (χ0n) is 19.3. The third kappa shape index (κ3) is 6.55. The van der Waals surface area contributed by atoms with Gasteiger partial charge in [0.2, 0.25) is 11.0 Å². The number of rotatable bonds is 9. The lowest BCUT2D eigenvalue weighted by atomic mass is 10.1. The fourth-order valence-corrected chi connectivity index (χ4v) is 6.30. The molecule has 0 aliphatic rings. The van der Waals surface area contributed by atoms with E-state index in [0.717, 1.165) is 31.1 Å². The van der Waals surface area contributed by atoms with Crippen LogP contribution in [0.2, 0.25) is 0 Å². The standard InChI is InChI=1S/C23H28N4O3S3/c1-15(2)14-31-23-26-25-22(32-23)24-21(28)13-27(20-11-8-17(4)12-18(20)5)33(29,30)19-9-6-16(3)7-10-19/h6-12,15H,13-14H2,1-5H3,(H,24,25,28). The van der Waals surface area contributed by atoms with Crippen LogP contribution in [0.1, 0.15) is 30.5 Å². The smallest absolute Gasteiger partial charge is 0.264 e. The highest BCUT2D eigenvalue weighted by atomic mass is 32.2. The monoisotopic (exact) mass is 504 g/mol. The van der Waals surface area contributed by atoms with E-state index >= 15 is 0 Å². The summed E-state index contributed by atoms with van der Waals surface area (Å²) in [6.45, 7) is 9.52. The van der Waals surface area contributed by atoms with Gasteiger partial charge in [-0.3, -0.25) is 14.4 Å². The Morgan fingerprint density at radius 2 is 1.73 bits per heavy atom. The van der Waals surface area contributed by atoms with Crippen molar-refractivity contribution in [3.63, 3.8) is 0 Å². The number of aryl methyl sites for hydroxylation is 3. The van der Waals surface area contributed by atoms with Crippen molar-refractivity contribution in [3.8, 4) is 0 Å². The summed E-state index contributed by atoms with van der Waals surface area (Å²) in [5.74, 6) is 0.926. The number of hydrogen-bond donors (Lipinski definition) is 1. The number of anilines is 2. The zero-order valence-corrected chi connectivity index (χ0v) is 21.8. The maximum absolute atomic E-state index is 13.5. The van der Waals surface area contributed by atoms with Gasteiger partial charge in [-0.1, -0.05) is 72.3 Å². The number of aromatic nitrogens is 2. The molecule has 7 nitrogen and oxygen atoms in total. The summed E-state index contributed by atoms with van der Waals surface area (Å²) >= 11 is 2.86. The van der Waals surface area contributed by atoms with Gasteiger partial charge in [0.25, 0.3) is 10.0 Å². The molecular weight excluding hydrogens is 476 g/mol. The Bertz CT molecular complexity index is 1220. The molecule has 3 aromatic rings. The molecule has 0 aliphatic heterocycles. The molecule has 1 N–H and O–H groups in total. The average molecular weight is 505 g/mol. The van der Waals surface area contributed by atoms with Crippen molar-refractivity contribution in [1.82, 2.24) is 10.2 Å². The molecule has 1 amide bonds. The minimum atomic E-state index is -3.97. The quantitative estimate of drug-likeness (QED) is 0.324. The Labute approximate surface area is 203 Å². The molecule has 0 saturated heterocycles. The predicted octanol–water partition coefficient (Wildman–Crippen LogP) is 5.05. The highest BCUT2D eigenvalue weighted by molar-refractivity contribution is 8.01. The lowest BCUT2D eigenvalue weighted by Crippen LogP contribution is -2.38. The molecule has 1 heterocycles. The molecule has 1 aromatic heterocycles. The summed E-state index contributed by atoms with van der Waals surface area (Å²) in [6.07, 6.45) is 0. The number of thioether (sulfide) groups is 1. The Morgan fingerprint density at radius 3 is 2.36 bits per heavy atom. The number of sulfonamides is 1. The number of amides is 1. The van der Waals surface area contributed by atoms with E-state index in [4.69, 9.17) is 0 Å². The van der Waals surface area contributed by atoms with Crippen LogP contribution in [0.15, 0.2) is 51.7 Å². The van der Waals surface area contributed by atoms with Crippen LogP contribution in [-0.4, -0.2) is 36.8 Å². The first kappa shape index (κ1) is 25.2. The highest BCUT2D eigenvalue weighted by Gasteiger charge is 2.28. The molecule has 0 unspecified atom stereocenters. The second-order valence-electron chi connectivity index (χ2n) is 8.24. The van der Waals surface area contributed by atoms with E-state index in [1.165, 1.54) is 11.3 Å². The Morgan fingerprint density at radius 1 is 1.06 bits per heavy atom. The summed E-state index contributed by atoms with van der Waals surface area (Å²) < 4.78 is 29.0. The van der Waals surface area contributed by atoms with Gasteiger partial charge >= 0.3 is 0 Å². The van der Waals surface area contributed by atoms with Crippen LogP contribution in [0, 0.1) is 26.7 Å². The van der Waals surface area contributed by atoms with Crippen molar-refractivity contribution in [1.29, 1.82) is 0 Å². The van der Waals surface area contributed by atoms with Gasteiger partial charge in [-0.25, -0.2) is 8.42 Å². The van der Waals surface area contributed by atoms with Crippen LogP contribution >= 0.6 is 23.1 Å². The van der Waals surface area contributed by atoms with Gasteiger partial charge in [-0.05, 0) is 50.5 Å². The van der Waals surface area contributed by atoms with Crippen LogP contribution in [0.5, 0.6) is 0 Å². The Balaban J connectivity index is 1.87. The highest BCUT2D eigenvalue weighted by Crippen LogP contribution is 2.29. The van der Waals surface area contributed by atoms with Crippen molar-refractivity contribution in [2.24, 2.45) is 5.92 Å². The summed E-state index contributed by atoms with van der Waals surface area (Å²) in [5, 5.41) is 11.2. The molecule has 10 heteroatoms. The number of benzene rings is 2. The summed E-state index contributed by atoms with van der Waals surface area (Å²) in [7, 11) is -3.97. The van der Waals surface area contributed by atoms with E-state index in [9.17, 15) is 13.2 Å². The van der Waals surface area contributed by atoms with Crippen LogP contribution < -0.4 is 9.62 Å². The number of hydrogen-bond acceptors (Lipinski definition) is 7. The van der Waals surface area contributed by atoms with Gasteiger partial charge in [0.05, 0.1) is 10.6 Å². The number of nitrogens with zero attached hydrogens (tertiary/aromatic N) is 3. The van der Waals surface area contributed by atoms with Gasteiger partial charge in [0, 0.05) is 5.75 Å². The largest absolute Gasteiger partial charge is 0.299 e. The molecule has 0 spiro atoms. The van der Waals surface area contributed by atoms with E-state index in [1.54, 1.807) is 42.1 Å². The van der Waals surface area contributed by atoms with Gasteiger partial charge in [-0.15, -0.1) is 10.2 Å². The van der Waals surface area contributed by atoms with Crippen LogP contribution in [-0.2, 0) is 14.8 Å². The van der Waals surface area contributed by atoms with Crippen LogP contribution in [0.3, 0.4) is 0 Å². The first-order valence-electron chi connectivity index (χ1n) is 10.5. The lowest BCUT2D eigenvalue weighted by molar-refractivity contribution is -0.114. The minimum Gasteiger partial charge on any atom is -0.299 e. The second-order valence-corrected chi connectivity index (χ2v) is 12.3. The zero-order chi connectivity index (χ0) is 24.2. The molecule has 3 rings (SSSR count). The first-order valence-corrected chi connectivity index (χ1v) is 13.7. The van der Waals surface area contributed by atoms with Gasteiger partial charge in [0.15, 0.2) is 4.34 Å². The average Bonchev–Trinajstić information content (AvgIpc) is 3.18. The third-order valence-electron chi connectivity index (χ3n) is 4.71. The van der Waals surface area contributed by atoms with Gasteiger partial charge < -0.3 is 0 Å². The van der Waals surface area contributed by atoms with E-state index in [1.807, 2.05) is 32.9 Å².